The number of rotatable bonds is 4. The Labute approximate surface area is 149 Å². The summed E-state index contributed by atoms with van der Waals surface area (Å²) in [5.41, 5.74) is 1.15. The van der Waals surface area contributed by atoms with Crippen LogP contribution >= 0.6 is 0 Å². The maximum Gasteiger partial charge on any atom is 0.258 e. The molecule has 1 aliphatic rings. The van der Waals surface area contributed by atoms with E-state index in [4.69, 9.17) is 9.15 Å². The second kappa shape index (κ2) is 7.05. The van der Waals surface area contributed by atoms with Gasteiger partial charge in [0, 0.05) is 17.9 Å². The van der Waals surface area contributed by atoms with Gasteiger partial charge in [0.05, 0.1) is 5.56 Å². The summed E-state index contributed by atoms with van der Waals surface area (Å²) in [6, 6.07) is 12.8. The molecule has 0 aliphatic carbocycles. The van der Waals surface area contributed by atoms with Crippen molar-refractivity contribution in [3.8, 4) is 11.5 Å². The summed E-state index contributed by atoms with van der Waals surface area (Å²) in [6.07, 6.45) is 1.68. The normalized spacial score (nSPS) is 16.6. The van der Waals surface area contributed by atoms with Crippen LogP contribution in [0.5, 0.6) is 0 Å². The SMILES string of the molecule is O=C(Nc1cccc(-c2nnc(C3CCCO3)o2)c1)c1ccccc1F. The Hall–Kier alpha value is -3.06. The number of aromatic nitrogens is 2. The Morgan fingerprint density at radius 1 is 1.15 bits per heavy atom. The van der Waals surface area contributed by atoms with Crippen LogP contribution in [0, 0.1) is 5.82 Å². The molecule has 4 rings (SSSR count). The van der Waals surface area contributed by atoms with Gasteiger partial charge < -0.3 is 14.5 Å². The number of ether oxygens (including phenoxy) is 1. The van der Waals surface area contributed by atoms with E-state index in [0.717, 1.165) is 12.8 Å². The molecule has 1 amide bonds. The van der Waals surface area contributed by atoms with Crippen LogP contribution in [-0.2, 0) is 4.74 Å². The minimum atomic E-state index is -0.570. The number of carbonyl (C=O) groups is 1. The zero-order valence-corrected chi connectivity index (χ0v) is 13.8. The largest absolute Gasteiger partial charge is 0.418 e. The molecule has 1 atom stereocenters. The highest BCUT2D eigenvalue weighted by Gasteiger charge is 2.24. The van der Waals surface area contributed by atoms with Crippen molar-refractivity contribution in [1.29, 1.82) is 0 Å². The van der Waals surface area contributed by atoms with Gasteiger partial charge in [0.1, 0.15) is 11.9 Å². The lowest BCUT2D eigenvalue weighted by Crippen LogP contribution is -2.13. The van der Waals surface area contributed by atoms with E-state index in [-0.39, 0.29) is 11.7 Å². The van der Waals surface area contributed by atoms with Crippen molar-refractivity contribution in [3.63, 3.8) is 0 Å². The lowest BCUT2D eigenvalue weighted by Gasteiger charge is -2.07. The van der Waals surface area contributed by atoms with Crippen LogP contribution in [0.15, 0.2) is 52.9 Å². The van der Waals surface area contributed by atoms with Crippen molar-refractivity contribution in [2.45, 2.75) is 18.9 Å². The lowest BCUT2D eigenvalue weighted by molar-refractivity contribution is 0.0896. The molecule has 3 aromatic rings. The van der Waals surface area contributed by atoms with Gasteiger partial charge in [-0.3, -0.25) is 4.79 Å². The number of hydrogen-bond donors (Lipinski definition) is 1. The standard InChI is InChI=1S/C19H16FN3O3/c20-15-8-2-1-7-14(15)17(24)21-13-6-3-5-12(11-13)18-22-23-19(26-18)16-9-4-10-25-16/h1-3,5-8,11,16H,4,9-10H2,(H,21,24). The molecule has 6 nitrogen and oxygen atoms in total. The second-order valence-electron chi connectivity index (χ2n) is 5.96. The molecular formula is C19H16FN3O3. The Bertz CT molecular complexity index is 935. The highest BCUT2D eigenvalue weighted by molar-refractivity contribution is 6.04. The molecule has 26 heavy (non-hydrogen) atoms. The minimum absolute atomic E-state index is 0.0173. The number of nitrogens with one attached hydrogen (secondary N) is 1. The first-order chi connectivity index (χ1) is 12.7. The van der Waals surface area contributed by atoms with Gasteiger partial charge >= 0.3 is 0 Å². The van der Waals surface area contributed by atoms with Crippen molar-refractivity contribution in [1.82, 2.24) is 10.2 Å². The summed E-state index contributed by atoms with van der Waals surface area (Å²) in [4.78, 5) is 12.2. The van der Waals surface area contributed by atoms with E-state index in [1.807, 2.05) is 0 Å². The molecule has 132 valence electrons. The van der Waals surface area contributed by atoms with E-state index in [9.17, 15) is 9.18 Å². The molecule has 7 heteroatoms. The molecule has 1 unspecified atom stereocenters. The van der Waals surface area contributed by atoms with Gasteiger partial charge in [0.15, 0.2) is 0 Å². The van der Waals surface area contributed by atoms with Gasteiger partial charge in [-0.05, 0) is 43.2 Å². The number of hydrogen-bond acceptors (Lipinski definition) is 5. The second-order valence-corrected chi connectivity index (χ2v) is 5.96. The first-order valence-corrected chi connectivity index (χ1v) is 8.32. The Balaban J connectivity index is 1.53. The topological polar surface area (TPSA) is 77.2 Å². The summed E-state index contributed by atoms with van der Waals surface area (Å²) < 4.78 is 25.0. The summed E-state index contributed by atoms with van der Waals surface area (Å²) in [5.74, 6) is -0.291. The number of benzene rings is 2. The van der Waals surface area contributed by atoms with Gasteiger partial charge in [-0.1, -0.05) is 18.2 Å². The van der Waals surface area contributed by atoms with Crippen LogP contribution in [0.4, 0.5) is 10.1 Å². The molecule has 0 saturated carbocycles. The molecule has 1 aromatic heterocycles. The summed E-state index contributed by atoms with van der Waals surface area (Å²) in [6.45, 7) is 0.694. The molecule has 1 saturated heterocycles. The zero-order valence-electron chi connectivity index (χ0n) is 13.8. The maximum atomic E-state index is 13.7. The van der Waals surface area contributed by atoms with Crippen LogP contribution in [0.2, 0.25) is 0 Å². The molecule has 1 N–H and O–H groups in total. The fourth-order valence-electron chi connectivity index (χ4n) is 2.83. The number of halogens is 1. The molecule has 0 bridgehead atoms. The molecule has 2 heterocycles. The third-order valence-electron chi connectivity index (χ3n) is 4.13. The average Bonchev–Trinajstić information content (AvgIpc) is 3.34. The van der Waals surface area contributed by atoms with Crippen LogP contribution in [0.3, 0.4) is 0 Å². The van der Waals surface area contributed by atoms with Gasteiger partial charge in [-0.2, -0.15) is 0 Å². The van der Waals surface area contributed by atoms with Gasteiger partial charge in [-0.15, -0.1) is 10.2 Å². The summed E-state index contributed by atoms with van der Waals surface area (Å²) >= 11 is 0. The molecule has 0 radical (unpaired) electrons. The fraction of sp³-hybridized carbons (Fsp3) is 0.211. The average molecular weight is 353 g/mol. The van der Waals surface area contributed by atoms with Crippen molar-refractivity contribution in [3.05, 3.63) is 65.8 Å². The number of amides is 1. The van der Waals surface area contributed by atoms with Gasteiger partial charge in [0.2, 0.25) is 11.8 Å². The third-order valence-corrected chi connectivity index (χ3v) is 4.13. The van der Waals surface area contributed by atoms with Gasteiger partial charge in [-0.25, -0.2) is 4.39 Å². The number of carbonyl (C=O) groups excluding carboxylic acids is 1. The van der Waals surface area contributed by atoms with Crippen LogP contribution in [0.1, 0.15) is 35.2 Å². The monoisotopic (exact) mass is 353 g/mol. The molecular weight excluding hydrogens is 337 g/mol. The quantitative estimate of drug-likeness (QED) is 0.768. The van der Waals surface area contributed by atoms with E-state index in [1.165, 1.54) is 18.2 Å². The van der Waals surface area contributed by atoms with E-state index >= 15 is 0 Å². The molecule has 1 fully saturated rings. The Kier molecular flexibility index (Phi) is 4.45. The predicted octanol–water partition coefficient (Wildman–Crippen LogP) is 3.98. The number of nitrogens with zero attached hydrogens (tertiary/aromatic N) is 2. The fourth-order valence-corrected chi connectivity index (χ4v) is 2.83. The van der Waals surface area contributed by atoms with E-state index in [0.29, 0.717) is 29.6 Å². The minimum Gasteiger partial charge on any atom is -0.418 e. The van der Waals surface area contributed by atoms with Crippen LogP contribution < -0.4 is 5.32 Å². The summed E-state index contributed by atoms with van der Waals surface area (Å²) in [5, 5.41) is 10.8. The van der Waals surface area contributed by atoms with Gasteiger partial charge in [0.25, 0.3) is 5.91 Å². The predicted molar refractivity (Wildman–Crippen MR) is 92.0 cm³/mol. The highest BCUT2D eigenvalue weighted by Crippen LogP contribution is 2.30. The van der Waals surface area contributed by atoms with Crippen molar-refractivity contribution >= 4 is 11.6 Å². The van der Waals surface area contributed by atoms with E-state index in [1.54, 1.807) is 30.3 Å². The third kappa shape index (κ3) is 3.34. The smallest absolute Gasteiger partial charge is 0.258 e. The highest BCUT2D eigenvalue weighted by atomic mass is 19.1. The summed E-state index contributed by atoms with van der Waals surface area (Å²) in [7, 11) is 0. The van der Waals surface area contributed by atoms with E-state index in [2.05, 4.69) is 15.5 Å². The van der Waals surface area contributed by atoms with E-state index < -0.39 is 11.7 Å². The zero-order chi connectivity index (χ0) is 17.9. The lowest BCUT2D eigenvalue weighted by atomic mass is 10.1. The molecule has 2 aromatic carbocycles. The first-order valence-electron chi connectivity index (χ1n) is 8.32. The van der Waals surface area contributed by atoms with Crippen molar-refractivity contribution in [2.75, 3.05) is 11.9 Å². The first kappa shape index (κ1) is 16.4. The van der Waals surface area contributed by atoms with Crippen molar-refractivity contribution in [2.24, 2.45) is 0 Å². The van der Waals surface area contributed by atoms with Crippen molar-refractivity contribution < 1.29 is 18.3 Å². The van der Waals surface area contributed by atoms with Crippen LogP contribution in [0.25, 0.3) is 11.5 Å². The Morgan fingerprint density at radius 2 is 2.04 bits per heavy atom. The number of anilines is 1. The molecule has 1 aliphatic heterocycles. The maximum absolute atomic E-state index is 13.7. The molecule has 0 spiro atoms. The van der Waals surface area contributed by atoms with Crippen LogP contribution in [-0.4, -0.2) is 22.7 Å². The Morgan fingerprint density at radius 3 is 2.85 bits per heavy atom.